The van der Waals surface area contributed by atoms with E-state index in [4.69, 9.17) is 5.73 Å². The van der Waals surface area contributed by atoms with E-state index in [1.54, 1.807) is 0 Å². The zero-order chi connectivity index (χ0) is 14.5. The number of anilines is 2. The van der Waals surface area contributed by atoms with Gasteiger partial charge in [0.2, 0.25) is 5.91 Å². The second kappa shape index (κ2) is 7.15. The lowest BCUT2D eigenvalue weighted by molar-refractivity contribution is -0.113. The van der Waals surface area contributed by atoms with Gasteiger partial charge in [-0.2, -0.15) is 0 Å². The molecule has 0 bridgehead atoms. The van der Waals surface area contributed by atoms with Crippen LogP contribution in [0.25, 0.3) is 0 Å². The predicted octanol–water partition coefficient (Wildman–Crippen LogP) is 4.52. The van der Waals surface area contributed by atoms with Gasteiger partial charge < -0.3 is 11.1 Å². The fourth-order valence-corrected chi connectivity index (χ4v) is 3.37. The first-order valence-electron chi connectivity index (χ1n) is 5.78. The lowest BCUT2D eigenvalue weighted by Gasteiger charge is -2.08. The van der Waals surface area contributed by atoms with E-state index in [-0.39, 0.29) is 5.91 Å². The second-order valence-electron chi connectivity index (χ2n) is 4.01. The Balaban J connectivity index is 1.94. The van der Waals surface area contributed by atoms with Crippen molar-refractivity contribution in [3.8, 4) is 0 Å². The van der Waals surface area contributed by atoms with E-state index in [0.717, 1.165) is 19.5 Å². The molecule has 2 rings (SSSR count). The summed E-state index contributed by atoms with van der Waals surface area (Å²) in [6, 6.07) is 13.1. The molecule has 0 fully saturated rings. The molecule has 0 heterocycles. The number of carbonyl (C=O) groups excluding carboxylic acids is 1. The topological polar surface area (TPSA) is 55.1 Å². The summed E-state index contributed by atoms with van der Waals surface area (Å²) in [6.07, 6.45) is 0. The van der Waals surface area contributed by atoms with Crippen LogP contribution in [0.1, 0.15) is 0 Å². The van der Waals surface area contributed by atoms with Crippen molar-refractivity contribution in [2.45, 2.75) is 4.90 Å². The maximum atomic E-state index is 11.9. The van der Waals surface area contributed by atoms with Gasteiger partial charge in [0.05, 0.1) is 11.4 Å². The zero-order valence-electron chi connectivity index (χ0n) is 10.4. The van der Waals surface area contributed by atoms with E-state index in [2.05, 4.69) is 37.2 Å². The van der Waals surface area contributed by atoms with E-state index in [0.29, 0.717) is 11.4 Å². The number of amides is 1. The van der Waals surface area contributed by atoms with Gasteiger partial charge in [0.25, 0.3) is 0 Å². The van der Waals surface area contributed by atoms with Gasteiger partial charge in [0.15, 0.2) is 0 Å². The smallest absolute Gasteiger partial charge is 0.234 e. The molecule has 20 heavy (non-hydrogen) atoms. The third-order valence-electron chi connectivity index (χ3n) is 2.46. The van der Waals surface area contributed by atoms with E-state index >= 15 is 0 Å². The van der Waals surface area contributed by atoms with Crippen LogP contribution < -0.4 is 11.1 Å². The van der Waals surface area contributed by atoms with Crippen molar-refractivity contribution in [3.63, 3.8) is 0 Å². The molecule has 0 aliphatic carbocycles. The number of halogens is 2. The Hall–Kier alpha value is -0.980. The Bertz CT molecular complexity index is 634. The van der Waals surface area contributed by atoms with Crippen molar-refractivity contribution < 1.29 is 4.79 Å². The lowest BCUT2D eigenvalue weighted by Crippen LogP contribution is -2.14. The minimum Gasteiger partial charge on any atom is -0.399 e. The SMILES string of the molecule is Nc1ccc(SCC(=O)Nc2ccccc2Br)c(Br)c1. The average Bonchev–Trinajstić information content (AvgIpc) is 2.40. The van der Waals surface area contributed by atoms with Gasteiger partial charge in [-0.05, 0) is 62.2 Å². The normalized spacial score (nSPS) is 10.3. The maximum Gasteiger partial charge on any atom is 0.234 e. The Morgan fingerprint density at radius 3 is 2.60 bits per heavy atom. The number of rotatable bonds is 4. The minimum atomic E-state index is -0.0503. The standard InChI is InChI=1S/C14H12Br2N2OS/c15-10-3-1-2-4-12(10)18-14(19)8-20-13-6-5-9(17)7-11(13)16/h1-7H,8,17H2,(H,18,19). The molecule has 2 aromatic carbocycles. The second-order valence-corrected chi connectivity index (χ2v) is 6.73. The van der Waals surface area contributed by atoms with Gasteiger partial charge >= 0.3 is 0 Å². The first-order chi connectivity index (χ1) is 9.56. The van der Waals surface area contributed by atoms with Crippen molar-refractivity contribution in [2.75, 3.05) is 16.8 Å². The summed E-state index contributed by atoms with van der Waals surface area (Å²) in [4.78, 5) is 12.9. The molecule has 0 aliphatic rings. The molecular weight excluding hydrogens is 404 g/mol. The Labute approximate surface area is 138 Å². The Morgan fingerprint density at radius 2 is 1.90 bits per heavy atom. The molecule has 0 unspecified atom stereocenters. The minimum absolute atomic E-state index is 0.0503. The number of hydrogen-bond donors (Lipinski definition) is 2. The number of hydrogen-bond acceptors (Lipinski definition) is 3. The van der Waals surface area contributed by atoms with Gasteiger partial charge in [-0.1, -0.05) is 12.1 Å². The van der Waals surface area contributed by atoms with Crippen molar-refractivity contribution in [2.24, 2.45) is 0 Å². The van der Waals surface area contributed by atoms with E-state index in [9.17, 15) is 4.79 Å². The molecule has 0 spiro atoms. The molecule has 6 heteroatoms. The van der Waals surface area contributed by atoms with Gasteiger partial charge in [-0.3, -0.25) is 4.79 Å². The van der Waals surface area contributed by atoms with Crippen molar-refractivity contribution in [1.29, 1.82) is 0 Å². The largest absolute Gasteiger partial charge is 0.399 e. The van der Waals surface area contributed by atoms with Crippen molar-refractivity contribution in [3.05, 3.63) is 51.4 Å². The first-order valence-corrected chi connectivity index (χ1v) is 8.35. The maximum absolute atomic E-state index is 11.9. The highest BCUT2D eigenvalue weighted by Gasteiger charge is 2.07. The lowest BCUT2D eigenvalue weighted by atomic mass is 10.3. The number of carbonyl (C=O) groups is 1. The van der Waals surface area contributed by atoms with Crippen LogP contribution in [-0.2, 0) is 4.79 Å². The molecule has 3 N–H and O–H groups in total. The van der Waals surface area contributed by atoms with Crippen LogP contribution in [0.5, 0.6) is 0 Å². The number of nitrogen functional groups attached to an aromatic ring is 1. The number of nitrogens with two attached hydrogens (primary N) is 1. The molecule has 1 amide bonds. The van der Waals surface area contributed by atoms with Gasteiger partial charge in [0.1, 0.15) is 0 Å². The fourth-order valence-electron chi connectivity index (χ4n) is 1.53. The summed E-state index contributed by atoms with van der Waals surface area (Å²) in [5.74, 6) is 0.287. The van der Waals surface area contributed by atoms with Gasteiger partial charge in [-0.15, -0.1) is 11.8 Å². The molecule has 0 atom stereocenters. The third-order valence-corrected chi connectivity index (χ3v) is 5.15. The predicted molar refractivity (Wildman–Crippen MR) is 92.1 cm³/mol. The fraction of sp³-hybridized carbons (Fsp3) is 0.0714. The van der Waals surface area contributed by atoms with Crippen molar-refractivity contribution >= 4 is 60.9 Å². The zero-order valence-corrected chi connectivity index (χ0v) is 14.4. The molecule has 0 saturated heterocycles. The van der Waals surface area contributed by atoms with Crippen LogP contribution >= 0.6 is 43.6 Å². The summed E-state index contributed by atoms with van der Waals surface area (Å²) in [5.41, 5.74) is 7.14. The molecule has 104 valence electrons. The number of para-hydroxylation sites is 1. The molecular formula is C14H12Br2N2OS. The third kappa shape index (κ3) is 4.26. The molecule has 0 aliphatic heterocycles. The van der Waals surface area contributed by atoms with Gasteiger partial charge in [-0.25, -0.2) is 0 Å². The van der Waals surface area contributed by atoms with Crippen LogP contribution in [0.4, 0.5) is 11.4 Å². The van der Waals surface area contributed by atoms with Crippen LogP contribution in [0.15, 0.2) is 56.3 Å². The molecule has 0 saturated carbocycles. The van der Waals surface area contributed by atoms with E-state index in [1.807, 2.05) is 42.5 Å². The molecule has 2 aromatic rings. The summed E-state index contributed by atoms with van der Waals surface area (Å²) in [5, 5.41) is 2.86. The highest BCUT2D eigenvalue weighted by Crippen LogP contribution is 2.29. The molecule has 0 aromatic heterocycles. The number of benzene rings is 2. The first kappa shape index (κ1) is 15.4. The van der Waals surface area contributed by atoms with Crippen LogP contribution in [0.2, 0.25) is 0 Å². The molecule has 0 radical (unpaired) electrons. The van der Waals surface area contributed by atoms with Gasteiger partial charge in [0, 0.05) is 19.5 Å². The van der Waals surface area contributed by atoms with Crippen LogP contribution in [0, 0.1) is 0 Å². The van der Waals surface area contributed by atoms with E-state index in [1.165, 1.54) is 11.8 Å². The number of nitrogens with one attached hydrogen (secondary N) is 1. The summed E-state index contributed by atoms with van der Waals surface area (Å²) in [7, 11) is 0. The van der Waals surface area contributed by atoms with Crippen molar-refractivity contribution in [1.82, 2.24) is 0 Å². The monoisotopic (exact) mass is 414 g/mol. The summed E-state index contributed by atoms with van der Waals surface area (Å²) >= 11 is 8.29. The van der Waals surface area contributed by atoms with Crippen LogP contribution in [0.3, 0.4) is 0 Å². The van der Waals surface area contributed by atoms with E-state index < -0.39 is 0 Å². The summed E-state index contributed by atoms with van der Waals surface area (Å²) in [6.45, 7) is 0. The highest BCUT2D eigenvalue weighted by atomic mass is 79.9. The summed E-state index contributed by atoms with van der Waals surface area (Å²) < 4.78 is 1.77. The Kier molecular flexibility index (Phi) is 5.51. The Morgan fingerprint density at radius 1 is 1.15 bits per heavy atom. The number of thioether (sulfide) groups is 1. The highest BCUT2D eigenvalue weighted by molar-refractivity contribution is 9.10. The quantitative estimate of drug-likeness (QED) is 0.569. The molecule has 3 nitrogen and oxygen atoms in total. The van der Waals surface area contributed by atoms with Crippen LogP contribution in [-0.4, -0.2) is 11.7 Å². The average molecular weight is 416 g/mol.